The first-order valence-corrected chi connectivity index (χ1v) is 9.91. The van der Waals surface area contributed by atoms with Crippen molar-refractivity contribution in [3.05, 3.63) is 87.8 Å². The van der Waals surface area contributed by atoms with Crippen LogP contribution in [0, 0.1) is 0 Å². The lowest BCUT2D eigenvalue weighted by atomic mass is 10.1. The summed E-state index contributed by atoms with van der Waals surface area (Å²) in [6, 6.07) is 23.1. The summed E-state index contributed by atoms with van der Waals surface area (Å²) in [5.41, 5.74) is 3.06. The monoisotopic (exact) mass is 459 g/mol. The van der Waals surface area contributed by atoms with E-state index in [1.165, 1.54) is 0 Å². The summed E-state index contributed by atoms with van der Waals surface area (Å²) in [5.74, 6) is 0.829. The van der Waals surface area contributed by atoms with E-state index in [9.17, 15) is 4.79 Å². The van der Waals surface area contributed by atoms with Crippen LogP contribution in [0.5, 0.6) is 0 Å². The maximum Gasteiger partial charge on any atom is 0.434 e. The van der Waals surface area contributed by atoms with Gasteiger partial charge in [0.05, 0.1) is 16.8 Å². The highest BCUT2D eigenvalue weighted by molar-refractivity contribution is 9.10. The van der Waals surface area contributed by atoms with Crippen LogP contribution in [0.25, 0.3) is 33.7 Å². The van der Waals surface area contributed by atoms with Crippen LogP contribution in [0.4, 0.5) is 11.5 Å². The zero-order valence-electron chi connectivity index (χ0n) is 15.5. The number of anilines is 2. The summed E-state index contributed by atoms with van der Waals surface area (Å²) < 4.78 is 6.06. The number of para-hydroxylation sites is 1. The van der Waals surface area contributed by atoms with Crippen LogP contribution in [0.2, 0.25) is 0 Å². The van der Waals surface area contributed by atoms with Gasteiger partial charge in [0.2, 0.25) is 0 Å². The fraction of sp³-hybridized carbons (Fsp3) is 0. The van der Waals surface area contributed by atoms with Crippen molar-refractivity contribution in [1.82, 2.24) is 20.2 Å². The van der Waals surface area contributed by atoms with Crippen molar-refractivity contribution in [2.24, 2.45) is 0 Å². The number of H-pyrrole nitrogens is 1. The Labute approximate surface area is 179 Å². The molecule has 5 aromatic rings. The number of rotatable bonds is 4. The van der Waals surface area contributed by atoms with E-state index in [1.54, 1.807) is 0 Å². The van der Waals surface area contributed by atoms with E-state index in [2.05, 4.69) is 31.4 Å². The van der Waals surface area contributed by atoms with Crippen LogP contribution < -0.4 is 11.1 Å². The van der Waals surface area contributed by atoms with E-state index in [-0.39, 0.29) is 5.89 Å². The van der Waals surface area contributed by atoms with Crippen molar-refractivity contribution in [3.63, 3.8) is 0 Å². The van der Waals surface area contributed by atoms with Crippen LogP contribution in [-0.2, 0) is 0 Å². The standard InChI is InChI=1S/C22H14BrN5O2/c23-14-10-11-18-16(12-14)20(26-19(24-18)13-6-2-1-3-7-13)25-17-9-5-4-8-15(17)21-27-28-22(29)30-21/h1-12H,(H,28,29)(H,24,25,26). The molecule has 146 valence electrons. The van der Waals surface area contributed by atoms with Crippen LogP contribution >= 0.6 is 15.9 Å². The number of aromatic nitrogens is 4. The quantitative estimate of drug-likeness (QED) is 0.385. The van der Waals surface area contributed by atoms with E-state index in [0.717, 1.165) is 20.9 Å². The Bertz CT molecular complexity index is 1410. The number of benzene rings is 3. The molecule has 0 fully saturated rings. The van der Waals surface area contributed by atoms with E-state index < -0.39 is 5.76 Å². The molecule has 0 aliphatic heterocycles. The molecule has 0 spiro atoms. The van der Waals surface area contributed by atoms with Gasteiger partial charge in [-0.05, 0) is 30.3 Å². The number of aromatic amines is 1. The summed E-state index contributed by atoms with van der Waals surface area (Å²) in [6.07, 6.45) is 0. The van der Waals surface area contributed by atoms with Crippen molar-refractivity contribution >= 4 is 38.3 Å². The average molecular weight is 460 g/mol. The Balaban J connectivity index is 1.68. The molecule has 5 rings (SSSR count). The molecule has 30 heavy (non-hydrogen) atoms. The maximum absolute atomic E-state index is 11.4. The van der Waals surface area contributed by atoms with Gasteiger partial charge in [-0.15, -0.1) is 5.10 Å². The minimum Gasteiger partial charge on any atom is -0.388 e. The van der Waals surface area contributed by atoms with Gasteiger partial charge in [-0.25, -0.2) is 19.9 Å². The fourth-order valence-electron chi connectivity index (χ4n) is 3.16. The molecule has 2 heterocycles. The summed E-state index contributed by atoms with van der Waals surface area (Å²) in [6.45, 7) is 0. The Hall–Kier alpha value is -3.78. The number of hydrogen-bond acceptors (Lipinski definition) is 6. The first-order chi connectivity index (χ1) is 14.7. The van der Waals surface area contributed by atoms with Crippen molar-refractivity contribution in [1.29, 1.82) is 0 Å². The molecule has 3 aromatic carbocycles. The largest absolute Gasteiger partial charge is 0.434 e. The van der Waals surface area contributed by atoms with Crippen molar-refractivity contribution in [2.75, 3.05) is 5.32 Å². The molecule has 0 saturated carbocycles. The Morgan fingerprint density at radius 3 is 2.53 bits per heavy atom. The highest BCUT2D eigenvalue weighted by atomic mass is 79.9. The highest BCUT2D eigenvalue weighted by Gasteiger charge is 2.15. The molecule has 0 radical (unpaired) electrons. The van der Waals surface area contributed by atoms with Gasteiger partial charge in [0, 0.05) is 15.4 Å². The Kier molecular flexibility index (Phi) is 4.61. The first-order valence-electron chi connectivity index (χ1n) is 9.12. The lowest BCUT2D eigenvalue weighted by Crippen LogP contribution is -2.01. The number of nitrogens with zero attached hydrogens (tertiary/aromatic N) is 3. The lowest BCUT2D eigenvalue weighted by Gasteiger charge is -2.13. The van der Waals surface area contributed by atoms with Crippen molar-refractivity contribution < 1.29 is 4.42 Å². The predicted octanol–water partition coefficient (Wildman–Crippen LogP) is 5.15. The van der Waals surface area contributed by atoms with Crippen LogP contribution in [0.3, 0.4) is 0 Å². The molecule has 0 saturated heterocycles. The summed E-state index contributed by atoms with van der Waals surface area (Å²) in [7, 11) is 0. The maximum atomic E-state index is 11.4. The van der Waals surface area contributed by atoms with Gasteiger partial charge in [-0.3, -0.25) is 0 Å². The SMILES string of the molecule is O=c1[nH]nc(-c2ccccc2Nc2nc(-c3ccccc3)nc3ccc(Br)cc23)o1. The fourth-order valence-corrected chi connectivity index (χ4v) is 3.52. The molecule has 0 atom stereocenters. The zero-order chi connectivity index (χ0) is 20.5. The summed E-state index contributed by atoms with van der Waals surface area (Å²) in [5, 5.41) is 10.5. The molecule has 8 heteroatoms. The molecular weight excluding hydrogens is 446 g/mol. The second-order valence-corrected chi connectivity index (χ2v) is 7.43. The van der Waals surface area contributed by atoms with E-state index in [1.807, 2.05) is 72.8 Å². The molecular formula is C22H14BrN5O2. The Morgan fingerprint density at radius 2 is 1.73 bits per heavy atom. The third-order valence-corrected chi connectivity index (χ3v) is 5.03. The minimum absolute atomic E-state index is 0.200. The molecule has 0 aliphatic rings. The van der Waals surface area contributed by atoms with Crippen molar-refractivity contribution in [2.45, 2.75) is 0 Å². The van der Waals surface area contributed by atoms with E-state index >= 15 is 0 Å². The van der Waals surface area contributed by atoms with E-state index in [4.69, 9.17) is 14.4 Å². The van der Waals surface area contributed by atoms with Gasteiger partial charge in [-0.2, -0.15) is 0 Å². The van der Waals surface area contributed by atoms with Gasteiger partial charge in [0.25, 0.3) is 5.89 Å². The smallest absolute Gasteiger partial charge is 0.388 e. The third-order valence-electron chi connectivity index (χ3n) is 4.54. The highest BCUT2D eigenvalue weighted by Crippen LogP contribution is 2.33. The Morgan fingerprint density at radius 1 is 0.933 bits per heavy atom. The third kappa shape index (κ3) is 3.48. The molecule has 2 aromatic heterocycles. The average Bonchev–Trinajstić information content (AvgIpc) is 3.21. The molecule has 0 aliphatic carbocycles. The number of halogens is 1. The van der Waals surface area contributed by atoms with Gasteiger partial charge in [-0.1, -0.05) is 58.4 Å². The minimum atomic E-state index is -0.609. The van der Waals surface area contributed by atoms with Gasteiger partial charge in [0.15, 0.2) is 5.82 Å². The van der Waals surface area contributed by atoms with Gasteiger partial charge < -0.3 is 9.73 Å². The van der Waals surface area contributed by atoms with Crippen LogP contribution in [0.15, 0.2) is 86.5 Å². The van der Waals surface area contributed by atoms with Crippen LogP contribution in [0.1, 0.15) is 0 Å². The van der Waals surface area contributed by atoms with Crippen LogP contribution in [-0.4, -0.2) is 20.2 Å². The topological polar surface area (TPSA) is 96.7 Å². The van der Waals surface area contributed by atoms with E-state index in [0.29, 0.717) is 22.9 Å². The number of fused-ring (bicyclic) bond motifs is 1. The van der Waals surface area contributed by atoms with Gasteiger partial charge in [0.1, 0.15) is 5.82 Å². The predicted molar refractivity (Wildman–Crippen MR) is 119 cm³/mol. The molecule has 7 nitrogen and oxygen atoms in total. The van der Waals surface area contributed by atoms with Crippen molar-refractivity contribution in [3.8, 4) is 22.8 Å². The second-order valence-electron chi connectivity index (χ2n) is 6.51. The molecule has 2 N–H and O–H groups in total. The molecule has 0 unspecified atom stereocenters. The van der Waals surface area contributed by atoms with Gasteiger partial charge >= 0.3 is 5.76 Å². The number of nitrogens with one attached hydrogen (secondary N) is 2. The zero-order valence-corrected chi connectivity index (χ0v) is 17.1. The second kappa shape index (κ2) is 7.57. The molecule has 0 bridgehead atoms. The molecule has 0 amide bonds. The number of hydrogen-bond donors (Lipinski definition) is 2. The summed E-state index contributed by atoms with van der Waals surface area (Å²) in [4.78, 5) is 20.9. The first kappa shape index (κ1) is 18.3. The normalized spacial score (nSPS) is 11.0. The lowest BCUT2D eigenvalue weighted by molar-refractivity contribution is 0.527. The summed E-state index contributed by atoms with van der Waals surface area (Å²) >= 11 is 3.52.